The molecule has 48 heavy (non-hydrogen) atoms. The van der Waals surface area contributed by atoms with Crippen LogP contribution >= 0.6 is 0 Å². The molecule has 0 aliphatic carbocycles. The zero-order chi connectivity index (χ0) is 37.9. The van der Waals surface area contributed by atoms with Crippen LogP contribution in [0.5, 0.6) is 11.5 Å². The smallest absolute Gasteiger partial charge is 0.547 e. The molecule has 4 rings (SSSR count). The van der Waals surface area contributed by atoms with Gasteiger partial charge in [0.25, 0.3) is 5.91 Å². The molecule has 0 spiro atoms. The summed E-state index contributed by atoms with van der Waals surface area (Å²) >= 11 is 0. The maximum atomic E-state index is 12.7. The SMILES string of the molecule is [2H]C([2H])(N[C@H](C)Cc1cc2c(c(C(N)=O)c1)N(CCCO[C@@H]1O[C@H](C(=O)[O-])[C@@H](O)[C@H](O)[C@H]1O)CC2)C([2H])([2H])Oc1ccccc1OCC(F)(F)F.[Li+]. The molecule has 1 saturated heterocycles. The molecule has 2 heterocycles. The van der Waals surface area contributed by atoms with E-state index in [4.69, 9.17) is 30.2 Å². The van der Waals surface area contributed by atoms with Crippen molar-refractivity contribution in [1.82, 2.24) is 5.32 Å². The number of halogens is 3. The largest absolute Gasteiger partial charge is 1.00 e. The second-order valence-corrected chi connectivity index (χ2v) is 11.1. The summed E-state index contributed by atoms with van der Waals surface area (Å²) in [5, 5.41) is 43.6. The number of carboxylic acid groups (broad SMARTS) is 1. The number of primary amides is 1. The second-order valence-electron chi connectivity index (χ2n) is 11.1. The Bertz CT molecular complexity index is 1560. The van der Waals surface area contributed by atoms with E-state index in [2.05, 4.69) is 5.32 Å². The molecule has 0 unspecified atom stereocenters. The number of fused-ring (bicyclic) bond motifs is 1. The first kappa shape index (κ1) is 33.4. The van der Waals surface area contributed by atoms with Crippen molar-refractivity contribution in [3.8, 4) is 11.5 Å². The van der Waals surface area contributed by atoms with E-state index < -0.39 is 86.0 Å². The molecule has 0 bridgehead atoms. The van der Waals surface area contributed by atoms with Gasteiger partial charge in [0.15, 0.2) is 24.4 Å². The minimum atomic E-state index is -4.67. The van der Waals surface area contributed by atoms with Gasteiger partial charge < -0.3 is 60.1 Å². The fourth-order valence-corrected chi connectivity index (χ4v) is 5.31. The Balaban J connectivity index is 0.00000729. The molecule has 260 valence electrons. The fourth-order valence-electron chi connectivity index (χ4n) is 5.31. The molecular formula is C31H39F3LiN3O10. The summed E-state index contributed by atoms with van der Waals surface area (Å²) in [6.45, 7) is -5.28. The van der Waals surface area contributed by atoms with Crippen molar-refractivity contribution >= 4 is 17.6 Å². The Hall–Kier alpha value is -3.07. The van der Waals surface area contributed by atoms with Crippen molar-refractivity contribution in [2.75, 3.05) is 44.3 Å². The number of aliphatic carboxylic acids is 1. The summed E-state index contributed by atoms with van der Waals surface area (Å²) < 4.78 is 91.8. The van der Waals surface area contributed by atoms with Gasteiger partial charge in [-0.05, 0) is 55.5 Å². The van der Waals surface area contributed by atoms with Crippen molar-refractivity contribution < 1.29 is 86.5 Å². The molecule has 0 aromatic heterocycles. The number of alkyl halides is 3. The molecule has 2 aliphatic rings. The number of hydrogen-bond donors (Lipinski definition) is 5. The maximum absolute atomic E-state index is 12.7. The van der Waals surface area contributed by atoms with Crippen molar-refractivity contribution in [1.29, 1.82) is 0 Å². The quantitative estimate of drug-likeness (QED) is 0.0875. The molecule has 13 nitrogen and oxygen atoms in total. The maximum Gasteiger partial charge on any atom is 1.00 e. The van der Waals surface area contributed by atoms with E-state index in [0.29, 0.717) is 37.2 Å². The number of nitrogens with two attached hydrogens (primary N) is 1. The van der Waals surface area contributed by atoms with Gasteiger partial charge in [0, 0.05) is 28.4 Å². The van der Waals surface area contributed by atoms with Crippen LogP contribution in [0.1, 0.15) is 40.3 Å². The number of carbonyl (C=O) groups is 2. The van der Waals surface area contributed by atoms with Crippen LogP contribution in [0.15, 0.2) is 36.4 Å². The Morgan fingerprint density at radius 3 is 2.50 bits per heavy atom. The molecule has 2 aliphatic heterocycles. The first-order chi connectivity index (χ1) is 23.7. The zero-order valence-corrected chi connectivity index (χ0v) is 26.2. The first-order valence-corrected chi connectivity index (χ1v) is 14.7. The average Bonchev–Trinajstić information content (AvgIpc) is 3.43. The number of ether oxygens (including phenoxy) is 4. The summed E-state index contributed by atoms with van der Waals surface area (Å²) in [7, 11) is 0. The predicted octanol–water partition coefficient (Wildman–Crippen LogP) is -3.34. The number of carbonyl (C=O) groups excluding carboxylic acids is 2. The Labute approximate surface area is 292 Å². The number of benzene rings is 2. The number of amides is 1. The fraction of sp³-hybridized carbons (Fsp3) is 0.548. The van der Waals surface area contributed by atoms with Gasteiger partial charge >= 0.3 is 25.0 Å². The molecule has 1 amide bonds. The molecule has 0 saturated carbocycles. The van der Waals surface area contributed by atoms with Crippen LogP contribution in [0.4, 0.5) is 18.9 Å². The molecule has 2 aromatic rings. The van der Waals surface area contributed by atoms with Gasteiger partial charge in [0.2, 0.25) is 0 Å². The Morgan fingerprint density at radius 1 is 1.17 bits per heavy atom. The van der Waals surface area contributed by atoms with Crippen LogP contribution < -0.4 is 49.4 Å². The number of aliphatic hydroxyl groups excluding tert-OH is 3. The molecule has 2 aromatic carbocycles. The van der Waals surface area contributed by atoms with E-state index in [0.717, 1.165) is 17.7 Å². The number of carboxylic acids is 1. The monoisotopic (exact) mass is 681 g/mol. The Morgan fingerprint density at radius 2 is 1.85 bits per heavy atom. The van der Waals surface area contributed by atoms with Crippen LogP contribution in [0.2, 0.25) is 0 Å². The van der Waals surface area contributed by atoms with E-state index in [9.17, 15) is 43.2 Å². The Kier molecular flexibility index (Phi) is 12.2. The minimum absolute atomic E-state index is 0. The van der Waals surface area contributed by atoms with Gasteiger partial charge in [-0.1, -0.05) is 18.2 Å². The average molecular weight is 682 g/mol. The van der Waals surface area contributed by atoms with Crippen molar-refractivity contribution in [2.45, 2.75) is 69.1 Å². The van der Waals surface area contributed by atoms with E-state index in [1.165, 1.54) is 12.1 Å². The van der Waals surface area contributed by atoms with Gasteiger partial charge in [-0.25, -0.2) is 0 Å². The van der Waals surface area contributed by atoms with Crippen LogP contribution in [0, 0.1) is 0 Å². The number of anilines is 1. The van der Waals surface area contributed by atoms with E-state index in [-0.39, 0.29) is 37.5 Å². The van der Waals surface area contributed by atoms with Crippen LogP contribution in [-0.4, -0.2) is 109 Å². The second kappa shape index (κ2) is 17.5. The summed E-state index contributed by atoms with van der Waals surface area (Å²) in [5.41, 5.74) is 7.83. The zero-order valence-electron chi connectivity index (χ0n) is 30.2. The number of aliphatic hydroxyl groups is 3. The van der Waals surface area contributed by atoms with Crippen molar-refractivity contribution in [3.63, 3.8) is 0 Å². The van der Waals surface area contributed by atoms with Crippen LogP contribution in [0.25, 0.3) is 0 Å². The van der Waals surface area contributed by atoms with Crippen molar-refractivity contribution in [3.05, 3.63) is 53.1 Å². The van der Waals surface area contributed by atoms with E-state index in [1.807, 2.05) is 11.0 Å². The normalized spacial score (nSPS) is 24.6. The van der Waals surface area contributed by atoms with Crippen LogP contribution in [-0.2, 0) is 27.1 Å². The summed E-state index contributed by atoms with van der Waals surface area (Å²) in [5.74, 6) is -3.38. The third-order valence-electron chi connectivity index (χ3n) is 7.45. The third-order valence-corrected chi connectivity index (χ3v) is 7.45. The standard InChI is InChI=1S/C31H40F3N3O10.Li/c1-17(36-8-12-44-21-5-2-3-6-22(21)46-16-31(32,33)34)13-18-14-19-7-10-37(23(19)20(15-18)28(35)41)9-4-11-45-30-26(40)24(38)25(39)27(47-30)29(42)43;/h2-3,5-6,14-15,17,24-27,30,36,38-40H,4,7-13,16H2,1H3,(H2,35,41)(H,42,43);/q;+1/p-1/t17-,24+,25+,26-,27+,30-;/m1./s1/i8D2,12D2;. The van der Waals surface area contributed by atoms with Gasteiger partial charge in [-0.2, -0.15) is 13.2 Å². The van der Waals surface area contributed by atoms with E-state index >= 15 is 0 Å². The predicted molar refractivity (Wildman–Crippen MR) is 158 cm³/mol. The number of nitrogens with one attached hydrogen (secondary N) is 1. The number of rotatable bonds is 16. The topological polar surface area (TPSA) is 196 Å². The summed E-state index contributed by atoms with van der Waals surface area (Å²) in [4.78, 5) is 25.6. The molecular weight excluding hydrogens is 638 g/mol. The van der Waals surface area contributed by atoms with Gasteiger partial charge in [-0.15, -0.1) is 0 Å². The first-order valence-electron chi connectivity index (χ1n) is 16.7. The minimum Gasteiger partial charge on any atom is -0.547 e. The van der Waals surface area contributed by atoms with Gasteiger partial charge in [0.05, 0.1) is 26.6 Å². The molecule has 6 atom stereocenters. The third kappa shape index (κ3) is 10.5. The van der Waals surface area contributed by atoms with Crippen molar-refractivity contribution in [2.24, 2.45) is 5.73 Å². The molecule has 0 radical (unpaired) electrons. The molecule has 6 N–H and O–H groups in total. The molecule has 17 heteroatoms. The number of hydrogen-bond acceptors (Lipinski definition) is 12. The molecule has 1 fully saturated rings. The van der Waals surface area contributed by atoms with Gasteiger partial charge in [-0.3, -0.25) is 4.79 Å². The summed E-state index contributed by atoms with van der Waals surface area (Å²) in [6.07, 6.45) is -12.7. The van der Waals surface area contributed by atoms with Crippen LogP contribution in [0.3, 0.4) is 0 Å². The van der Waals surface area contributed by atoms with Gasteiger partial charge in [0.1, 0.15) is 31.0 Å². The number of para-hydroxylation sites is 2. The van der Waals surface area contributed by atoms with E-state index in [1.54, 1.807) is 13.0 Å². The number of nitrogens with zero attached hydrogens (tertiary/aromatic N) is 1. The summed E-state index contributed by atoms with van der Waals surface area (Å²) in [6, 6.07) is 7.60.